The summed E-state index contributed by atoms with van der Waals surface area (Å²) in [6, 6.07) is 13.0. The molecule has 4 rings (SSSR count). The molecular formula is C20H27N3O2S2. The molecule has 0 N–H and O–H groups in total. The SMILES string of the molecule is CN(C)S(=O)(=O)N1CCC2(CC1)CN(Cc1cccs1)Cc1ccccc12. The molecule has 5 nitrogen and oxygen atoms in total. The number of rotatable bonds is 4. The summed E-state index contributed by atoms with van der Waals surface area (Å²) in [5.74, 6) is 0. The molecule has 1 saturated heterocycles. The van der Waals surface area contributed by atoms with Gasteiger partial charge < -0.3 is 0 Å². The van der Waals surface area contributed by atoms with Crippen LogP contribution in [0.25, 0.3) is 0 Å². The van der Waals surface area contributed by atoms with E-state index in [0.717, 1.165) is 32.5 Å². The van der Waals surface area contributed by atoms with E-state index in [9.17, 15) is 8.42 Å². The van der Waals surface area contributed by atoms with Crippen LogP contribution in [0.4, 0.5) is 0 Å². The second-order valence-corrected chi connectivity index (χ2v) is 11.0. The number of thiophene rings is 1. The Labute approximate surface area is 166 Å². The predicted octanol–water partition coefficient (Wildman–Crippen LogP) is 2.90. The molecule has 27 heavy (non-hydrogen) atoms. The van der Waals surface area contributed by atoms with E-state index in [0.29, 0.717) is 13.1 Å². The molecule has 0 aliphatic carbocycles. The first kappa shape index (κ1) is 19.1. The zero-order valence-corrected chi connectivity index (χ0v) is 17.6. The molecule has 1 fully saturated rings. The van der Waals surface area contributed by atoms with Gasteiger partial charge in [-0.3, -0.25) is 4.90 Å². The molecule has 2 aromatic rings. The maximum atomic E-state index is 12.5. The van der Waals surface area contributed by atoms with Crippen molar-refractivity contribution in [3.8, 4) is 0 Å². The molecule has 7 heteroatoms. The van der Waals surface area contributed by atoms with Crippen LogP contribution < -0.4 is 0 Å². The van der Waals surface area contributed by atoms with Gasteiger partial charge in [0.15, 0.2) is 0 Å². The van der Waals surface area contributed by atoms with Crippen molar-refractivity contribution >= 4 is 21.5 Å². The summed E-state index contributed by atoms with van der Waals surface area (Å²) < 4.78 is 28.0. The zero-order valence-electron chi connectivity index (χ0n) is 16.0. The average molecular weight is 406 g/mol. The molecule has 2 aliphatic rings. The van der Waals surface area contributed by atoms with Gasteiger partial charge in [-0.2, -0.15) is 17.0 Å². The highest BCUT2D eigenvalue weighted by molar-refractivity contribution is 7.86. The Morgan fingerprint density at radius 2 is 1.85 bits per heavy atom. The van der Waals surface area contributed by atoms with E-state index in [4.69, 9.17) is 0 Å². The molecule has 0 atom stereocenters. The van der Waals surface area contributed by atoms with Crippen LogP contribution in [0.1, 0.15) is 28.8 Å². The standard InChI is InChI=1S/C20H27N3O2S2/c1-21(2)27(24,25)23-11-9-20(10-12-23)16-22(15-18-7-5-13-26-18)14-17-6-3-4-8-19(17)20/h3-8,13H,9-12,14-16H2,1-2H3. The Morgan fingerprint density at radius 1 is 1.11 bits per heavy atom. The normalized spacial score (nSPS) is 20.9. The number of hydrogen-bond acceptors (Lipinski definition) is 4. The lowest BCUT2D eigenvalue weighted by atomic mass is 9.69. The number of piperidine rings is 1. The Kier molecular flexibility index (Phi) is 5.16. The van der Waals surface area contributed by atoms with E-state index < -0.39 is 10.2 Å². The largest absolute Gasteiger partial charge is 0.293 e. The third kappa shape index (κ3) is 3.59. The van der Waals surface area contributed by atoms with E-state index in [2.05, 4.69) is 46.7 Å². The Hall–Kier alpha value is -1.25. The van der Waals surface area contributed by atoms with E-state index in [1.165, 1.54) is 20.3 Å². The van der Waals surface area contributed by atoms with Gasteiger partial charge in [0, 0.05) is 57.1 Å². The molecule has 1 spiro atoms. The Bertz CT molecular complexity index is 886. The minimum absolute atomic E-state index is 0.0461. The summed E-state index contributed by atoms with van der Waals surface area (Å²) in [7, 11) is -0.113. The van der Waals surface area contributed by atoms with Gasteiger partial charge in [0.05, 0.1) is 0 Å². The first-order valence-corrected chi connectivity index (χ1v) is 11.7. The summed E-state index contributed by atoms with van der Waals surface area (Å²) in [6.07, 6.45) is 1.75. The first-order valence-electron chi connectivity index (χ1n) is 9.41. The van der Waals surface area contributed by atoms with Crippen molar-refractivity contribution < 1.29 is 8.42 Å². The number of nitrogens with zero attached hydrogens (tertiary/aromatic N) is 3. The third-order valence-corrected chi connectivity index (χ3v) is 8.74. The number of hydrogen-bond donors (Lipinski definition) is 0. The minimum atomic E-state index is -3.33. The highest BCUT2D eigenvalue weighted by atomic mass is 32.2. The van der Waals surface area contributed by atoms with Crippen molar-refractivity contribution in [2.75, 3.05) is 33.7 Å². The molecule has 3 heterocycles. The number of benzene rings is 1. The van der Waals surface area contributed by atoms with Crippen LogP contribution >= 0.6 is 11.3 Å². The first-order chi connectivity index (χ1) is 12.9. The Balaban J connectivity index is 1.59. The van der Waals surface area contributed by atoms with Crippen LogP contribution in [-0.4, -0.2) is 55.7 Å². The lowest BCUT2D eigenvalue weighted by Crippen LogP contribution is -2.54. The van der Waals surface area contributed by atoms with Gasteiger partial charge in [0.2, 0.25) is 0 Å². The van der Waals surface area contributed by atoms with Gasteiger partial charge in [0.25, 0.3) is 10.2 Å². The molecule has 0 amide bonds. The monoisotopic (exact) mass is 405 g/mol. The van der Waals surface area contributed by atoms with E-state index in [1.54, 1.807) is 29.7 Å². The second kappa shape index (κ2) is 7.29. The highest BCUT2D eigenvalue weighted by Crippen LogP contribution is 2.42. The van der Waals surface area contributed by atoms with Crippen molar-refractivity contribution in [3.63, 3.8) is 0 Å². The average Bonchev–Trinajstić information content (AvgIpc) is 3.15. The number of fused-ring (bicyclic) bond motifs is 2. The fourth-order valence-corrected chi connectivity index (χ4v) is 6.38. The fraction of sp³-hybridized carbons (Fsp3) is 0.500. The highest BCUT2D eigenvalue weighted by Gasteiger charge is 2.44. The molecule has 1 aromatic heterocycles. The minimum Gasteiger partial charge on any atom is -0.293 e. The molecular weight excluding hydrogens is 378 g/mol. The molecule has 0 bridgehead atoms. The second-order valence-electron chi connectivity index (χ2n) is 7.85. The zero-order chi connectivity index (χ0) is 19.1. The molecule has 0 unspecified atom stereocenters. The summed E-state index contributed by atoms with van der Waals surface area (Å²) in [4.78, 5) is 3.92. The molecule has 1 aromatic carbocycles. The van der Waals surface area contributed by atoms with Gasteiger partial charge >= 0.3 is 0 Å². The van der Waals surface area contributed by atoms with Crippen LogP contribution in [-0.2, 0) is 28.7 Å². The molecule has 146 valence electrons. The van der Waals surface area contributed by atoms with Crippen molar-refractivity contribution in [1.82, 2.24) is 13.5 Å². The van der Waals surface area contributed by atoms with Crippen molar-refractivity contribution in [3.05, 3.63) is 57.8 Å². The van der Waals surface area contributed by atoms with Crippen LogP contribution in [0.2, 0.25) is 0 Å². The Morgan fingerprint density at radius 3 is 2.52 bits per heavy atom. The summed E-state index contributed by atoms with van der Waals surface area (Å²) in [6.45, 7) is 4.10. The lowest BCUT2D eigenvalue weighted by Gasteiger charge is -2.48. The van der Waals surface area contributed by atoms with Gasteiger partial charge in [-0.25, -0.2) is 0 Å². The van der Waals surface area contributed by atoms with Crippen LogP contribution in [0.15, 0.2) is 41.8 Å². The van der Waals surface area contributed by atoms with Gasteiger partial charge in [0.1, 0.15) is 0 Å². The fourth-order valence-electron chi connectivity index (χ4n) is 4.52. The molecule has 2 aliphatic heterocycles. The van der Waals surface area contributed by atoms with Crippen LogP contribution in [0.3, 0.4) is 0 Å². The topological polar surface area (TPSA) is 43.9 Å². The summed E-state index contributed by atoms with van der Waals surface area (Å²) in [5, 5.41) is 2.13. The molecule has 0 radical (unpaired) electrons. The maximum Gasteiger partial charge on any atom is 0.281 e. The van der Waals surface area contributed by atoms with Gasteiger partial charge in [-0.1, -0.05) is 30.3 Å². The maximum absolute atomic E-state index is 12.5. The van der Waals surface area contributed by atoms with Crippen molar-refractivity contribution in [1.29, 1.82) is 0 Å². The van der Waals surface area contributed by atoms with Gasteiger partial charge in [-0.05, 0) is 35.4 Å². The van der Waals surface area contributed by atoms with E-state index in [-0.39, 0.29) is 5.41 Å². The van der Waals surface area contributed by atoms with Crippen molar-refractivity contribution in [2.24, 2.45) is 0 Å². The van der Waals surface area contributed by atoms with Crippen molar-refractivity contribution in [2.45, 2.75) is 31.3 Å². The quantitative estimate of drug-likeness (QED) is 0.786. The van der Waals surface area contributed by atoms with Crippen LogP contribution in [0, 0.1) is 0 Å². The smallest absolute Gasteiger partial charge is 0.281 e. The third-order valence-electron chi connectivity index (χ3n) is 5.94. The van der Waals surface area contributed by atoms with E-state index >= 15 is 0 Å². The lowest BCUT2D eigenvalue weighted by molar-refractivity contribution is 0.121. The summed E-state index contributed by atoms with van der Waals surface area (Å²) >= 11 is 1.81. The van der Waals surface area contributed by atoms with Gasteiger partial charge in [-0.15, -0.1) is 11.3 Å². The van der Waals surface area contributed by atoms with Crippen LogP contribution in [0.5, 0.6) is 0 Å². The predicted molar refractivity (Wildman–Crippen MR) is 110 cm³/mol. The summed E-state index contributed by atoms with van der Waals surface area (Å²) in [5.41, 5.74) is 2.86. The van der Waals surface area contributed by atoms with E-state index in [1.807, 2.05) is 0 Å². The molecule has 0 saturated carbocycles.